The molecule has 3 aromatic carbocycles. The van der Waals surface area contributed by atoms with Gasteiger partial charge in [0.1, 0.15) is 0 Å². The molecule has 134 valence electrons. The van der Waals surface area contributed by atoms with Crippen molar-refractivity contribution in [3.63, 3.8) is 0 Å². The number of hydrogen-bond donors (Lipinski definition) is 0. The Kier molecular flexibility index (Phi) is 4.90. The number of carbonyl (C=O) groups excluding carboxylic acids is 1. The topological polar surface area (TPSA) is 32.7 Å². The average Bonchev–Trinajstić information content (AvgIpc) is 3.14. The summed E-state index contributed by atoms with van der Waals surface area (Å²) in [6, 6.07) is 25.6. The molecule has 1 aliphatic heterocycles. The normalized spacial score (nSPS) is 16.3. The Bertz CT molecular complexity index is 979. The van der Waals surface area contributed by atoms with Crippen molar-refractivity contribution in [1.29, 1.82) is 0 Å². The Hall–Kier alpha value is -2.72. The Morgan fingerprint density at radius 2 is 1.63 bits per heavy atom. The molecule has 4 rings (SSSR count). The molecule has 0 aliphatic carbocycles. The van der Waals surface area contributed by atoms with Gasteiger partial charge in [0.15, 0.2) is 0 Å². The van der Waals surface area contributed by atoms with Crippen molar-refractivity contribution in [1.82, 2.24) is 5.01 Å². The maximum atomic E-state index is 13.1. The molecule has 0 radical (unpaired) electrons. The Morgan fingerprint density at radius 1 is 0.963 bits per heavy atom. The fourth-order valence-electron chi connectivity index (χ4n) is 3.28. The first-order valence-electron chi connectivity index (χ1n) is 8.90. The monoisotopic (exact) mass is 418 g/mol. The largest absolute Gasteiger partial charge is 0.274 e. The van der Waals surface area contributed by atoms with E-state index in [2.05, 4.69) is 47.1 Å². The molecule has 0 saturated heterocycles. The first-order valence-corrected chi connectivity index (χ1v) is 9.70. The zero-order valence-electron chi connectivity index (χ0n) is 15.0. The van der Waals surface area contributed by atoms with E-state index in [1.165, 1.54) is 5.56 Å². The summed E-state index contributed by atoms with van der Waals surface area (Å²) in [6.07, 6.45) is 0.698. The molecule has 27 heavy (non-hydrogen) atoms. The third-order valence-electron chi connectivity index (χ3n) is 4.78. The van der Waals surface area contributed by atoms with Gasteiger partial charge in [0.05, 0.1) is 11.8 Å². The number of rotatable bonds is 3. The van der Waals surface area contributed by atoms with Crippen LogP contribution in [0.2, 0.25) is 0 Å². The van der Waals surface area contributed by atoms with E-state index in [1.807, 2.05) is 54.6 Å². The molecule has 0 saturated carbocycles. The van der Waals surface area contributed by atoms with Crippen molar-refractivity contribution in [3.05, 3.63) is 106 Å². The Morgan fingerprint density at radius 3 is 2.30 bits per heavy atom. The molecule has 3 nitrogen and oxygen atoms in total. The van der Waals surface area contributed by atoms with Gasteiger partial charge in [0.2, 0.25) is 0 Å². The molecule has 0 fully saturated rings. The van der Waals surface area contributed by atoms with Gasteiger partial charge in [0, 0.05) is 16.5 Å². The molecule has 0 N–H and O–H groups in total. The number of aryl methyl sites for hydroxylation is 1. The van der Waals surface area contributed by atoms with Gasteiger partial charge in [-0.05, 0) is 42.3 Å². The molecule has 1 heterocycles. The fraction of sp³-hybridized carbons (Fsp3) is 0.130. The third kappa shape index (κ3) is 3.71. The van der Waals surface area contributed by atoms with Crippen molar-refractivity contribution in [2.45, 2.75) is 19.4 Å². The van der Waals surface area contributed by atoms with Crippen LogP contribution in [0.1, 0.15) is 39.5 Å². The number of hydrogen-bond acceptors (Lipinski definition) is 2. The minimum Gasteiger partial charge on any atom is -0.267 e. The van der Waals surface area contributed by atoms with Crippen molar-refractivity contribution in [2.75, 3.05) is 0 Å². The van der Waals surface area contributed by atoms with Gasteiger partial charge in [-0.25, -0.2) is 5.01 Å². The van der Waals surface area contributed by atoms with Crippen LogP contribution in [0.15, 0.2) is 88.4 Å². The summed E-state index contributed by atoms with van der Waals surface area (Å²) in [5, 5.41) is 6.37. The lowest BCUT2D eigenvalue weighted by Gasteiger charge is -2.22. The Balaban J connectivity index is 1.72. The zero-order chi connectivity index (χ0) is 18.8. The highest BCUT2D eigenvalue weighted by molar-refractivity contribution is 9.10. The SMILES string of the molecule is Cc1ccc(C2=NN(C(=O)c3ccccc3)[C@@H](c3ccc(Br)cc3)C2)cc1. The first kappa shape index (κ1) is 17.7. The van der Waals surface area contributed by atoms with Gasteiger partial charge in [-0.3, -0.25) is 4.79 Å². The number of carbonyl (C=O) groups is 1. The summed E-state index contributed by atoms with van der Waals surface area (Å²) in [6.45, 7) is 2.07. The van der Waals surface area contributed by atoms with Gasteiger partial charge >= 0.3 is 0 Å². The molecule has 0 spiro atoms. The number of amides is 1. The summed E-state index contributed by atoms with van der Waals surface area (Å²) in [5.74, 6) is -0.0781. The lowest BCUT2D eigenvalue weighted by Crippen LogP contribution is -2.27. The van der Waals surface area contributed by atoms with Gasteiger partial charge in [-0.2, -0.15) is 5.10 Å². The third-order valence-corrected chi connectivity index (χ3v) is 5.31. The molecule has 1 amide bonds. The second-order valence-corrected chi connectivity index (χ2v) is 7.62. The quantitative estimate of drug-likeness (QED) is 0.532. The highest BCUT2D eigenvalue weighted by Crippen LogP contribution is 2.34. The van der Waals surface area contributed by atoms with E-state index in [0.717, 1.165) is 21.3 Å². The van der Waals surface area contributed by atoms with Crippen LogP contribution in [0.5, 0.6) is 0 Å². The van der Waals surface area contributed by atoms with E-state index < -0.39 is 0 Å². The van der Waals surface area contributed by atoms with Gasteiger partial charge < -0.3 is 0 Å². The maximum Gasteiger partial charge on any atom is 0.274 e. The minimum atomic E-state index is -0.109. The number of benzene rings is 3. The second-order valence-electron chi connectivity index (χ2n) is 6.70. The van der Waals surface area contributed by atoms with E-state index in [9.17, 15) is 4.79 Å². The standard InChI is InChI=1S/C23H19BrN2O/c1-16-7-9-17(10-8-16)21-15-22(18-11-13-20(24)14-12-18)26(25-21)23(27)19-5-3-2-4-6-19/h2-14,22H,15H2,1H3/t22-/m1/s1. The molecule has 1 aliphatic rings. The molecule has 0 unspecified atom stereocenters. The molecule has 4 heteroatoms. The summed E-state index contributed by atoms with van der Waals surface area (Å²) in [7, 11) is 0. The lowest BCUT2D eigenvalue weighted by molar-refractivity contribution is 0.0711. The lowest BCUT2D eigenvalue weighted by atomic mass is 9.98. The van der Waals surface area contributed by atoms with Crippen LogP contribution in [-0.4, -0.2) is 16.6 Å². The predicted octanol–water partition coefficient (Wildman–Crippen LogP) is 5.75. The van der Waals surface area contributed by atoms with E-state index in [0.29, 0.717) is 12.0 Å². The number of hydrazone groups is 1. The summed E-state index contributed by atoms with van der Waals surface area (Å²) in [5.41, 5.74) is 4.93. The number of halogens is 1. The van der Waals surface area contributed by atoms with Crippen molar-refractivity contribution >= 4 is 27.5 Å². The van der Waals surface area contributed by atoms with E-state index in [1.54, 1.807) is 5.01 Å². The minimum absolute atomic E-state index is 0.0781. The van der Waals surface area contributed by atoms with Crippen molar-refractivity contribution in [2.24, 2.45) is 5.10 Å². The van der Waals surface area contributed by atoms with E-state index in [4.69, 9.17) is 5.10 Å². The van der Waals surface area contributed by atoms with Crippen molar-refractivity contribution < 1.29 is 4.79 Å². The van der Waals surface area contributed by atoms with Gasteiger partial charge in [-0.1, -0.05) is 76.1 Å². The molecule has 3 aromatic rings. The van der Waals surface area contributed by atoms with Crippen molar-refractivity contribution in [3.8, 4) is 0 Å². The highest BCUT2D eigenvalue weighted by atomic mass is 79.9. The van der Waals surface area contributed by atoms with Crippen LogP contribution in [-0.2, 0) is 0 Å². The Labute approximate surface area is 167 Å². The van der Waals surface area contributed by atoms with E-state index in [-0.39, 0.29) is 11.9 Å². The maximum absolute atomic E-state index is 13.1. The summed E-state index contributed by atoms with van der Waals surface area (Å²) in [4.78, 5) is 13.1. The smallest absolute Gasteiger partial charge is 0.267 e. The van der Waals surface area contributed by atoms with E-state index >= 15 is 0 Å². The van der Waals surface area contributed by atoms with Crippen LogP contribution >= 0.6 is 15.9 Å². The first-order chi connectivity index (χ1) is 13.1. The molecular formula is C23H19BrN2O. The van der Waals surface area contributed by atoms with Gasteiger partial charge in [-0.15, -0.1) is 0 Å². The van der Waals surface area contributed by atoms with Gasteiger partial charge in [0.25, 0.3) is 5.91 Å². The van der Waals surface area contributed by atoms with Crippen LogP contribution in [0, 0.1) is 6.92 Å². The van der Waals surface area contributed by atoms with Crippen LogP contribution in [0.3, 0.4) is 0 Å². The highest BCUT2D eigenvalue weighted by Gasteiger charge is 2.33. The average molecular weight is 419 g/mol. The predicted molar refractivity (Wildman–Crippen MR) is 112 cm³/mol. The molecular weight excluding hydrogens is 400 g/mol. The number of nitrogens with zero attached hydrogens (tertiary/aromatic N) is 2. The molecule has 0 aromatic heterocycles. The summed E-state index contributed by atoms with van der Waals surface area (Å²) < 4.78 is 1.02. The molecule has 0 bridgehead atoms. The molecule has 1 atom stereocenters. The summed E-state index contributed by atoms with van der Waals surface area (Å²) >= 11 is 3.48. The fourth-order valence-corrected chi connectivity index (χ4v) is 3.54. The second kappa shape index (κ2) is 7.49. The van der Waals surface area contributed by atoms with Crippen LogP contribution < -0.4 is 0 Å². The zero-order valence-corrected chi connectivity index (χ0v) is 16.6. The van der Waals surface area contributed by atoms with Crippen LogP contribution in [0.25, 0.3) is 0 Å². The van der Waals surface area contributed by atoms with Crippen LogP contribution in [0.4, 0.5) is 0 Å².